The first kappa shape index (κ1) is 21.6. The fraction of sp³-hybridized carbons (Fsp3) is 0.400. The molecule has 0 atom stereocenters. The minimum absolute atomic E-state index is 0.104. The molecule has 150 valence electrons. The molecule has 0 saturated heterocycles. The van der Waals surface area contributed by atoms with Crippen LogP contribution in [0.15, 0.2) is 34.9 Å². The molecule has 0 aliphatic heterocycles. The maximum absolute atomic E-state index is 12.1. The number of nitrogens with zero attached hydrogens (tertiary/aromatic N) is 5. The SMILES string of the molecule is N#CCCN(CCC#N)C(=O)COC(=O)CCCc1nc(-c2ccccc2)no1. The van der Waals surface area contributed by atoms with Crippen LogP contribution in [0.25, 0.3) is 11.4 Å². The number of benzene rings is 1. The van der Waals surface area contributed by atoms with Crippen molar-refractivity contribution in [1.82, 2.24) is 15.0 Å². The molecule has 0 bridgehead atoms. The Balaban J connectivity index is 1.71. The number of rotatable bonds is 11. The third-order valence-corrected chi connectivity index (χ3v) is 3.97. The van der Waals surface area contributed by atoms with E-state index >= 15 is 0 Å². The van der Waals surface area contributed by atoms with E-state index in [1.54, 1.807) is 0 Å². The van der Waals surface area contributed by atoms with Crippen LogP contribution in [-0.4, -0.2) is 46.6 Å². The molecule has 1 heterocycles. The Morgan fingerprint density at radius 3 is 2.45 bits per heavy atom. The summed E-state index contributed by atoms with van der Waals surface area (Å²) in [6.07, 6.45) is 1.27. The van der Waals surface area contributed by atoms with Crippen LogP contribution in [0.3, 0.4) is 0 Å². The van der Waals surface area contributed by atoms with E-state index in [-0.39, 0.29) is 32.4 Å². The van der Waals surface area contributed by atoms with Gasteiger partial charge in [-0.05, 0) is 6.42 Å². The Labute approximate surface area is 168 Å². The predicted octanol–water partition coefficient (Wildman–Crippen LogP) is 2.26. The smallest absolute Gasteiger partial charge is 0.306 e. The Morgan fingerprint density at radius 1 is 1.10 bits per heavy atom. The number of aryl methyl sites for hydroxylation is 1. The first-order valence-electron chi connectivity index (χ1n) is 9.19. The molecule has 0 spiro atoms. The number of nitriles is 2. The average Bonchev–Trinajstić information content (AvgIpc) is 3.22. The van der Waals surface area contributed by atoms with Crippen LogP contribution in [0.1, 0.15) is 31.6 Å². The molecule has 2 aromatic rings. The largest absolute Gasteiger partial charge is 0.456 e. The molecule has 0 saturated carbocycles. The fourth-order valence-corrected chi connectivity index (χ4v) is 2.48. The normalized spacial score (nSPS) is 10.0. The first-order chi connectivity index (χ1) is 14.1. The van der Waals surface area contributed by atoms with Crippen LogP contribution in [-0.2, 0) is 20.7 Å². The third-order valence-electron chi connectivity index (χ3n) is 3.97. The second kappa shape index (κ2) is 11.9. The highest BCUT2D eigenvalue weighted by Crippen LogP contribution is 2.15. The number of hydrogen-bond acceptors (Lipinski definition) is 8. The van der Waals surface area contributed by atoms with E-state index in [2.05, 4.69) is 10.1 Å². The van der Waals surface area contributed by atoms with Crippen molar-refractivity contribution in [3.05, 3.63) is 36.2 Å². The molecule has 29 heavy (non-hydrogen) atoms. The Kier molecular flexibility index (Phi) is 8.84. The third kappa shape index (κ3) is 7.43. The lowest BCUT2D eigenvalue weighted by Gasteiger charge is -2.20. The Hall–Kier alpha value is -3.72. The van der Waals surface area contributed by atoms with Crippen LogP contribution < -0.4 is 0 Å². The van der Waals surface area contributed by atoms with Gasteiger partial charge in [-0.25, -0.2) is 0 Å². The molecule has 9 nitrogen and oxygen atoms in total. The van der Waals surface area contributed by atoms with Gasteiger partial charge in [0, 0.05) is 31.5 Å². The monoisotopic (exact) mass is 395 g/mol. The van der Waals surface area contributed by atoms with Gasteiger partial charge >= 0.3 is 5.97 Å². The maximum atomic E-state index is 12.1. The van der Waals surface area contributed by atoms with Gasteiger partial charge in [0.15, 0.2) is 6.61 Å². The van der Waals surface area contributed by atoms with Crippen LogP contribution in [0.4, 0.5) is 0 Å². The molecule has 0 aliphatic rings. The minimum Gasteiger partial charge on any atom is -0.456 e. The van der Waals surface area contributed by atoms with Crippen molar-refractivity contribution in [3.63, 3.8) is 0 Å². The van der Waals surface area contributed by atoms with E-state index in [0.29, 0.717) is 24.6 Å². The first-order valence-corrected chi connectivity index (χ1v) is 9.19. The molecule has 0 N–H and O–H groups in total. The topological polar surface area (TPSA) is 133 Å². The summed E-state index contributed by atoms with van der Waals surface area (Å²) in [5, 5.41) is 21.2. The molecule has 1 amide bonds. The number of hydrogen-bond donors (Lipinski definition) is 0. The lowest BCUT2D eigenvalue weighted by Crippen LogP contribution is -2.36. The zero-order chi connectivity index (χ0) is 20.9. The summed E-state index contributed by atoms with van der Waals surface area (Å²) in [4.78, 5) is 29.6. The van der Waals surface area contributed by atoms with Crippen LogP contribution in [0.2, 0.25) is 0 Å². The predicted molar refractivity (Wildman–Crippen MR) is 101 cm³/mol. The molecule has 0 radical (unpaired) electrons. The van der Waals surface area contributed by atoms with E-state index in [0.717, 1.165) is 5.56 Å². The molecule has 2 rings (SSSR count). The lowest BCUT2D eigenvalue weighted by molar-refractivity contribution is -0.152. The number of carbonyl (C=O) groups excluding carboxylic acids is 2. The van der Waals surface area contributed by atoms with Gasteiger partial charge in [0.05, 0.1) is 25.0 Å². The summed E-state index contributed by atoms with van der Waals surface area (Å²) in [5.74, 6) is -0.0227. The van der Waals surface area contributed by atoms with Gasteiger partial charge in [-0.3, -0.25) is 9.59 Å². The second-order valence-corrected chi connectivity index (χ2v) is 6.09. The second-order valence-electron chi connectivity index (χ2n) is 6.09. The van der Waals surface area contributed by atoms with Crippen molar-refractivity contribution in [3.8, 4) is 23.5 Å². The molecular formula is C20H21N5O4. The number of ether oxygens (including phenoxy) is 1. The van der Waals surface area contributed by atoms with Crippen molar-refractivity contribution >= 4 is 11.9 Å². The van der Waals surface area contributed by atoms with E-state index in [1.165, 1.54) is 4.90 Å². The van der Waals surface area contributed by atoms with Crippen LogP contribution >= 0.6 is 0 Å². The van der Waals surface area contributed by atoms with Gasteiger partial charge in [-0.1, -0.05) is 35.5 Å². The van der Waals surface area contributed by atoms with Gasteiger partial charge in [0.2, 0.25) is 11.7 Å². The highest BCUT2D eigenvalue weighted by Gasteiger charge is 2.16. The molecule has 0 unspecified atom stereocenters. The number of carbonyl (C=O) groups is 2. The Bertz CT molecular complexity index is 864. The summed E-state index contributed by atoms with van der Waals surface area (Å²) in [7, 11) is 0. The summed E-state index contributed by atoms with van der Waals surface area (Å²) in [5.41, 5.74) is 0.845. The lowest BCUT2D eigenvalue weighted by atomic mass is 10.2. The number of amides is 1. The quantitative estimate of drug-likeness (QED) is 0.529. The summed E-state index contributed by atoms with van der Waals surface area (Å²) >= 11 is 0. The highest BCUT2D eigenvalue weighted by atomic mass is 16.5. The van der Waals surface area contributed by atoms with Crippen molar-refractivity contribution < 1.29 is 18.8 Å². The van der Waals surface area contributed by atoms with Crippen LogP contribution in [0, 0.1) is 22.7 Å². The molecule has 0 fully saturated rings. The zero-order valence-electron chi connectivity index (χ0n) is 15.9. The van der Waals surface area contributed by atoms with E-state index < -0.39 is 18.5 Å². The van der Waals surface area contributed by atoms with Gasteiger partial charge in [-0.15, -0.1) is 0 Å². The molecule has 0 aliphatic carbocycles. The molecular weight excluding hydrogens is 374 g/mol. The molecule has 1 aromatic carbocycles. The minimum atomic E-state index is -0.512. The van der Waals surface area contributed by atoms with Gasteiger partial charge < -0.3 is 14.2 Å². The fourth-order valence-electron chi connectivity index (χ4n) is 2.48. The van der Waals surface area contributed by atoms with E-state index in [1.807, 2.05) is 42.5 Å². The summed E-state index contributed by atoms with van der Waals surface area (Å²) in [6.45, 7) is -0.000643. The van der Waals surface area contributed by atoms with Crippen molar-refractivity contribution in [1.29, 1.82) is 10.5 Å². The van der Waals surface area contributed by atoms with Gasteiger partial charge in [-0.2, -0.15) is 15.5 Å². The summed E-state index contributed by atoms with van der Waals surface area (Å²) in [6, 6.07) is 13.3. The molecule has 1 aromatic heterocycles. The van der Waals surface area contributed by atoms with E-state index in [9.17, 15) is 9.59 Å². The highest BCUT2D eigenvalue weighted by molar-refractivity contribution is 5.80. The number of aromatic nitrogens is 2. The summed E-state index contributed by atoms with van der Waals surface area (Å²) < 4.78 is 10.2. The Morgan fingerprint density at radius 2 is 1.79 bits per heavy atom. The number of esters is 1. The van der Waals surface area contributed by atoms with Crippen molar-refractivity contribution in [2.75, 3.05) is 19.7 Å². The van der Waals surface area contributed by atoms with Crippen molar-refractivity contribution in [2.24, 2.45) is 0 Å². The van der Waals surface area contributed by atoms with Gasteiger partial charge in [0.1, 0.15) is 0 Å². The molecule has 9 heteroatoms. The van der Waals surface area contributed by atoms with Crippen LogP contribution in [0.5, 0.6) is 0 Å². The zero-order valence-corrected chi connectivity index (χ0v) is 15.9. The van der Waals surface area contributed by atoms with Crippen molar-refractivity contribution in [2.45, 2.75) is 32.1 Å². The van der Waals surface area contributed by atoms with Gasteiger partial charge in [0.25, 0.3) is 5.91 Å². The standard InChI is InChI=1S/C20H21N5O4/c21-11-5-13-25(14-6-12-22)18(26)15-28-19(27)10-4-9-17-23-20(24-29-17)16-7-2-1-3-8-16/h1-3,7-8H,4-6,9-10,13-15H2. The van der Waals surface area contributed by atoms with E-state index in [4.69, 9.17) is 19.8 Å². The average molecular weight is 395 g/mol. The maximum Gasteiger partial charge on any atom is 0.306 e.